The summed E-state index contributed by atoms with van der Waals surface area (Å²) in [5.41, 5.74) is 8.18. The number of nitrogens with two attached hydrogens (primary N) is 1. The van der Waals surface area contributed by atoms with E-state index in [-0.39, 0.29) is 6.04 Å². The number of thioether (sulfide) groups is 1. The normalized spacial score (nSPS) is 11.8. The fourth-order valence-corrected chi connectivity index (χ4v) is 2.52. The molecule has 1 aromatic carbocycles. The molecule has 0 atom stereocenters. The van der Waals surface area contributed by atoms with Crippen LogP contribution >= 0.6 is 11.8 Å². The number of benzene rings is 1. The van der Waals surface area contributed by atoms with Crippen LogP contribution in [0, 0.1) is 6.92 Å². The predicted molar refractivity (Wildman–Crippen MR) is 82.3 cm³/mol. The van der Waals surface area contributed by atoms with E-state index in [2.05, 4.69) is 4.99 Å². The zero-order valence-corrected chi connectivity index (χ0v) is 13.0. The van der Waals surface area contributed by atoms with E-state index in [4.69, 9.17) is 15.2 Å². The highest BCUT2D eigenvalue weighted by molar-refractivity contribution is 8.13. The van der Waals surface area contributed by atoms with E-state index in [1.165, 1.54) is 17.3 Å². The molecule has 2 N–H and O–H groups in total. The van der Waals surface area contributed by atoms with E-state index in [0.717, 1.165) is 22.8 Å². The lowest BCUT2D eigenvalue weighted by atomic mass is 10.1. The van der Waals surface area contributed by atoms with Crippen molar-refractivity contribution in [2.45, 2.75) is 32.6 Å². The van der Waals surface area contributed by atoms with Gasteiger partial charge < -0.3 is 15.2 Å². The van der Waals surface area contributed by atoms with Crippen molar-refractivity contribution in [1.82, 2.24) is 0 Å². The molecule has 0 bridgehead atoms. The zero-order chi connectivity index (χ0) is 14.4. The lowest BCUT2D eigenvalue weighted by molar-refractivity contribution is 0.354. The molecule has 4 nitrogen and oxygen atoms in total. The second-order valence-electron chi connectivity index (χ2n) is 4.48. The first-order valence-electron chi connectivity index (χ1n) is 6.15. The Morgan fingerprint density at radius 2 is 1.84 bits per heavy atom. The Bertz CT molecular complexity index is 459. The van der Waals surface area contributed by atoms with Crippen molar-refractivity contribution in [2.24, 2.45) is 10.7 Å². The first-order chi connectivity index (χ1) is 8.97. The summed E-state index contributed by atoms with van der Waals surface area (Å²) in [5, 5.41) is 0.615. The quantitative estimate of drug-likeness (QED) is 0.666. The lowest BCUT2D eigenvalue weighted by Gasteiger charge is -2.12. The maximum atomic E-state index is 5.86. The molecule has 0 saturated carbocycles. The fourth-order valence-electron chi connectivity index (χ4n) is 1.62. The summed E-state index contributed by atoms with van der Waals surface area (Å²) in [6.45, 7) is 6.07. The number of methoxy groups -OCH3 is 2. The van der Waals surface area contributed by atoms with Gasteiger partial charge in [0.15, 0.2) is 16.7 Å². The Morgan fingerprint density at radius 1 is 1.26 bits per heavy atom. The molecule has 1 rings (SSSR count). The van der Waals surface area contributed by atoms with Gasteiger partial charge in [-0.25, -0.2) is 0 Å². The van der Waals surface area contributed by atoms with Crippen LogP contribution in [0.5, 0.6) is 11.5 Å². The van der Waals surface area contributed by atoms with Crippen molar-refractivity contribution < 1.29 is 9.47 Å². The van der Waals surface area contributed by atoms with Crippen LogP contribution in [0.2, 0.25) is 0 Å². The number of ether oxygens (including phenoxy) is 2. The van der Waals surface area contributed by atoms with Crippen LogP contribution in [0.15, 0.2) is 17.1 Å². The summed E-state index contributed by atoms with van der Waals surface area (Å²) < 4.78 is 10.6. The fraction of sp³-hybridized carbons (Fsp3) is 0.500. The van der Waals surface area contributed by atoms with Crippen molar-refractivity contribution in [2.75, 3.05) is 14.2 Å². The van der Waals surface area contributed by atoms with Crippen molar-refractivity contribution >= 4 is 16.9 Å². The Hall–Kier alpha value is -1.36. The van der Waals surface area contributed by atoms with Crippen molar-refractivity contribution in [3.63, 3.8) is 0 Å². The molecule has 0 saturated heterocycles. The molecule has 5 heteroatoms. The smallest absolute Gasteiger partial charge is 0.161 e. The Morgan fingerprint density at radius 3 is 2.37 bits per heavy atom. The highest BCUT2D eigenvalue weighted by Gasteiger charge is 2.09. The van der Waals surface area contributed by atoms with E-state index in [9.17, 15) is 0 Å². The van der Waals surface area contributed by atoms with Crippen molar-refractivity contribution in [1.29, 1.82) is 0 Å². The third kappa shape index (κ3) is 4.67. The molecule has 0 fully saturated rings. The summed E-state index contributed by atoms with van der Waals surface area (Å²) in [5.74, 6) is 2.26. The van der Waals surface area contributed by atoms with Gasteiger partial charge >= 0.3 is 0 Å². The molecule has 19 heavy (non-hydrogen) atoms. The van der Waals surface area contributed by atoms with E-state index in [1.807, 2.05) is 32.9 Å². The van der Waals surface area contributed by atoms with Crippen LogP contribution in [-0.4, -0.2) is 25.4 Å². The van der Waals surface area contributed by atoms with Gasteiger partial charge in [-0.3, -0.25) is 4.99 Å². The molecule has 0 unspecified atom stereocenters. The third-order valence-electron chi connectivity index (χ3n) is 2.60. The predicted octanol–water partition coefficient (Wildman–Crippen LogP) is 2.97. The van der Waals surface area contributed by atoms with Gasteiger partial charge in [-0.1, -0.05) is 11.8 Å². The molecule has 0 aliphatic rings. The second-order valence-corrected chi connectivity index (χ2v) is 5.48. The number of hydrogen-bond donors (Lipinski definition) is 1. The van der Waals surface area contributed by atoms with E-state index in [1.54, 1.807) is 14.2 Å². The Labute approximate surface area is 119 Å². The molecule has 0 amide bonds. The average Bonchev–Trinajstić information content (AvgIpc) is 2.36. The molecule has 0 radical (unpaired) electrons. The van der Waals surface area contributed by atoms with Gasteiger partial charge in [0, 0.05) is 11.8 Å². The lowest BCUT2D eigenvalue weighted by Crippen LogP contribution is -2.10. The minimum absolute atomic E-state index is 0.221. The summed E-state index contributed by atoms with van der Waals surface area (Å²) in [6.07, 6.45) is 0. The molecule has 0 heterocycles. The first-order valence-corrected chi connectivity index (χ1v) is 7.14. The largest absolute Gasteiger partial charge is 0.493 e. The number of aliphatic imine (C=N–C) groups is 1. The van der Waals surface area contributed by atoms with Gasteiger partial charge in [-0.2, -0.15) is 0 Å². The second kappa shape index (κ2) is 7.28. The molecule has 0 aliphatic carbocycles. The molecular weight excluding hydrogens is 260 g/mol. The average molecular weight is 282 g/mol. The van der Waals surface area contributed by atoms with Gasteiger partial charge in [0.1, 0.15) is 0 Å². The van der Waals surface area contributed by atoms with Gasteiger partial charge in [0.25, 0.3) is 0 Å². The number of aryl methyl sites for hydroxylation is 1. The van der Waals surface area contributed by atoms with Crippen LogP contribution in [0.4, 0.5) is 0 Å². The zero-order valence-electron chi connectivity index (χ0n) is 12.2. The molecule has 0 aromatic heterocycles. The topological polar surface area (TPSA) is 56.8 Å². The number of nitrogens with zero attached hydrogens (tertiary/aromatic N) is 1. The van der Waals surface area contributed by atoms with Gasteiger partial charge in [0.05, 0.1) is 14.2 Å². The summed E-state index contributed by atoms with van der Waals surface area (Å²) >= 11 is 1.54. The Kier molecular flexibility index (Phi) is 6.02. The highest BCUT2D eigenvalue weighted by atomic mass is 32.2. The summed E-state index contributed by atoms with van der Waals surface area (Å²) in [4.78, 5) is 4.30. The maximum absolute atomic E-state index is 5.86. The van der Waals surface area contributed by atoms with Crippen LogP contribution in [0.1, 0.15) is 25.0 Å². The monoisotopic (exact) mass is 282 g/mol. The van der Waals surface area contributed by atoms with Crippen LogP contribution in [0.25, 0.3) is 0 Å². The van der Waals surface area contributed by atoms with Crippen LogP contribution in [0.3, 0.4) is 0 Å². The minimum atomic E-state index is 0.221. The van der Waals surface area contributed by atoms with Crippen molar-refractivity contribution in [3.8, 4) is 11.5 Å². The van der Waals surface area contributed by atoms with E-state index < -0.39 is 0 Å². The number of amidine groups is 1. The number of hydrogen-bond acceptors (Lipinski definition) is 4. The maximum Gasteiger partial charge on any atom is 0.161 e. The van der Waals surface area contributed by atoms with E-state index >= 15 is 0 Å². The first kappa shape index (κ1) is 15.7. The molecule has 106 valence electrons. The summed E-state index contributed by atoms with van der Waals surface area (Å²) in [6, 6.07) is 4.19. The molecule has 0 spiro atoms. The summed E-state index contributed by atoms with van der Waals surface area (Å²) in [7, 11) is 3.28. The van der Waals surface area contributed by atoms with Gasteiger partial charge in [-0.15, -0.1) is 0 Å². The van der Waals surface area contributed by atoms with E-state index in [0.29, 0.717) is 5.17 Å². The van der Waals surface area contributed by atoms with Crippen LogP contribution < -0.4 is 15.2 Å². The molecular formula is C14H22N2O2S. The third-order valence-corrected chi connectivity index (χ3v) is 3.46. The van der Waals surface area contributed by atoms with Crippen LogP contribution in [-0.2, 0) is 5.75 Å². The minimum Gasteiger partial charge on any atom is -0.493 e. The molecule has 1 aromatic rings. The Balaban J connectivity index is 2.84. The van der Waals surface area contributed by atoms with Gasteiger partial charge in [-0.05, 0) is 44.0 Å². The number of rotatable bonds is 5. The highest BCUT2D eigenvalue weighted by Crippen LogP contribution is 2.31. The molecule has 0 aliphatic heterocycles. The standard InChI is InChI=1S/C14H22N2O2S/c1-9(2)16-14(15)19-8-11-7-13(18-5)12(17-4)6-10(11)3/h6-7,9H,8H2,1-5H3,(H2,15,16). The van der Waals surface area contributed by atoms with Gasteiger partial charge in [0.2, 0.25) is 0 Å². The van der Waals surface area contributed by atoms with Crippen molar-refractivity contribution in [3.05, 3.63) is 23.3 Å². The SMILES string of the molecule is COc1cc(C)c(CSC(N)=NC(C)C)cc1OC.